The van der Waals surface area contributed by atoms with Crippen LogP contribution in [0.3, 0.4) is 0 Å². The van der Waals surface area contributed by atoms with Crippen LogP contribution in [0.4, 0.5) is 5.95 Å². The summed E-state index contributed by atoms with van der Waals surface area (Å²) in [5, 5.41) is 8.96. The molecule has 8 nitrogen and oxygen atoms in total. The Hall–Kier alpha value is -1.76. The van der Waals surface area contributed by atoms with Gasteiger partial charge in [0.15, 0.2) is 0 Å². The Morgan fingerprint density at radius 3 is 2.45 bits per heavy atom. The van der Waals surface area contributed by atoms with Crippen molar-refractivity contribution >= 4 is 16.2 Å². The van der Waals surface area contributed by atoms with E-state index in [9.17, 15) is 8.42 Å². The van der Waals surface area contributed by atoms with Gasteiger partial charge in [0.2, 0.25) is 5.95 Å². The first-order valence-electron chi connectivity index (χ1n) is 7.10. The maximum atomic E-state index is 12.1. The molecule has 0 bridgehead atoms. The molecule has 1 fully saturated rings. The van der Waals surface area contributed by atoms with Crippen molar-refractivity contribution in [2.24, 2.45) is 0 Å². The Morgan fingerprint density at radius 1 is 1.27 bits per heavy atom. The molecule has 22 heavy (non-hydrogen) atoms. The van der Waals surface area contributed by atoms with Gasteiger partial charge in [0.25, 0.3) is 10.2 Å². The molecule has 120 valence electrons. The summed E-state index contributed by atoms with van der Waals surface area (Å²) in [7, 11) is -3.45. The Morgan fingerprint density at radius 2 is 1.91 bits per heavy atom. The average molecular weight is 324 g/mol. The highest BCUT2D eigenvalue weighted by Gasteiger charge is 2.28. The molecule has 0 aliphatic carbocycles. The lowest BCUT2D eigenvalue weighted by Crippen LogP contribution is -2.53. The van der Waals surface area contributed by atoms with Crippen LogP contribution in [-0.4, -0.2) is 54.9 Å². The molecule has 1 aliphatic heterocycles. The number of anilines is 1. The van der Waals surface area contributed by atoms with Gasteiger partial charge < -0.3 is 4.90 Å². The van der Waals surface area contributed by atoms with Crippen LogP contribution in [0, 0.1) is 18.3 Å². The van der Waals surface area contributed by atoms with Gasteiger partial charge in [0, 0.05) is 37.9 Å². The fourth-order valence-corrected chi connectivity index (χ4v) is 3.64. The zero-order chi connectivity index (χ0) is 16.3. The van der Waals surface area contributed by atoms with E-state index >= 15 is 0 Å². The van der Waals surface area contributed by atoms with Crippen molar-refractivity contribution in [2.45, 2.75) is 26.8 Å². The highest BCUT2D eigenvalue weighted by atomic mass is 32.2. The topological polar surface area (TPSA) is 102 Å². The van der Waals surface area contributed by atoms with Crippen LogP contribution in [0.1, 0.15) is 25.2 Å². The van der Waals surface area contributed by atoms with Crippen molar-refractivity contribution in [1.29, 1.82) is 5.26 Å². The molecule has 9 heteroatoms. The molecule has 1 saturated heterocycles. The van der Waals surface area contributed by atoms with Gasteiger partial charge in [-0.3, -0.25) is 0 Å². The normalized spacial score (nSPS) is 16.8. The summed E-state index contributed by atoms with van der Waals surface area (Å²) in [4.78, 5) is 10.4. The first kappa shape index (κ1) is 16.6. The third-order valence-corrected chi connectivity index (χ3v) is 5.02. The zero-order valence-corrected chi connectivity index (χ0v) is 13.8. The Balaban J connectivity index is 2.07. The highest BCUT2D eigenvalue weighted by molar-refractivity contribution is 7.87. The van der Waals surface area contributed by atoms with Gasteiger partial charge in [-0.2, -0.15) is 22.7 Å². The summed E-state index contributed by atoms with van der Waals surface area (Å²) in [6, 6.07) is 3.49. The number of nitrogens with zero attached hydrogens (tertiary/aromatic N) is 5. The largest absolute Gasteiger partial charge is 0.338 e. The predicted molar refractivity (Wildman–Crippen MR) is 82.5 cm³/mol. The van der Waals surface area contributed by atoms with Crippen LogP contribution >= 0.6 is 0 Å². The Bertz CT molecular complexity index is 674. The van der Waals surface area contributed by atoms with E-state index < -0.39 is 10.2 Å². The number of piperazine rings is 1. The van der Waals surface area contributed by atoms with Gasteiger partial charge in [-0.05, 0) is 26.8 Å². The SMILES string of the molecule is Cc1cc(C#N)nc(N2CCN(S(=O)(=O)NC(C)C)CC2)n1. The molecule has 2 rings (SSSR count). The van der Waals surface area contributed by atoms with Gasteiger partial charge in [0.1, 0.15) is 11.8 Å². The molecule has 0 atom stereocenters. The Kier molecular flexibility index (Phi) is 4.95. The van der Waals surface area contributed by atoms with Gasteiger partial charge >= 0.3 is 0 Å². The predicted octanol–water partition coefficient (Wildman–Crippen LogP) is 0.0215. The number of nitriles is 1. The maximum absolute atomic E-state index is 12.1. The number of nitrogens with one attached hydrogen (secondary N) is 1. The van der Waals surface area contributed by atoms with Crippen molar-refractivity contribution in [3.8, 4) is 6.07 Å². The van der Waals surface area contributed by atoms with E-state index in [1.165, 1.54) is 4.31 Å². The summed E-state index contributed by atoms with van der Waals surface area (Å²) < 4.78 is 28.2. The molecular weight excluding hydrogens is 304 g/mol. The van der Waals surface area contributed by atoms with Crippen molar-refractivity contribution in [2.75, 3.05) is 31.1 Å². The van der Waals surface area contributed by atoms with Crippen LogP contribution in [-0.2, 0) is 10.2 Å². The first-order valence-corrected chi connectivity index (χ1v) is 8.54. The third-order valence-electron chi connectivity index (χ3n) is 3.20. The number of hydrogen-bond acceptors (Lipinski definition) is 6. The lowest BCUT2D eigenvalue weighted by molar-refractivity contribution is 0.373. The summed E-state index contributed by atoms with van der Waals surface area (Å²) in [5.41, 5.74) is 1.04. The van der Waals surface area contributed by atoms with E-state index in [4.69, 9.17) is 5.26 Å². The first-order chi connectivity index (χ1) is 10.3. The molecule has 0 amide bonds. The summed E-state index contributed by atoms with van der Waals surface area (Å²) in [6.07, 6.45) is 0. The van der Waals surface area contributed by atoms with Gasteiger partial charge in [-0.1, -0.05) is 0 Å². The number of hydrogen-bond donors (Lipinski definition) is 1. The van der Waals surface area contributed by atoms with Crippen molar-refractivity contribution in [3.63, 3.8) is 0 Å². The van der Waals surface area contributed by atoms with Crippen LogP contribution in [0.5, 0.6) is 0 Å². The van der Waals surface area contributed by atoms with Gasteiger partial charge in [-0.25, -0.2) is 9.97 Å². The second-order valence-electron chi connectivity index (χ2n) is 5.47. The molecule has 0 saturated carbocycles. The quantitative estimate of drug-likeness (QED) is 0.838. The maximum Gasteiger partial charge on any atom is 0.279 e. The van der Waals surface area contributed by atoms with Gasteiger partial charge in [-0.15, -0.1) is 0 Å². The number of rotatable bonds is 4. The molecule has 1 aromatic rings. The standard InChI is InChI=1S/C13H20N6O2S/c1-10(2)17-22(20,21)19-6-4-18(5-7-19)13-15-11(3)8-12(9-14)16-13/h8,10,17H,4-7H2,1-3H3. The molecule has 0 unspecified atom stereocenters. The molecule has 0 spiro atoms. The van der Waals surface area contributed by atoms with Crippen LogP contribution < -0.4 is 9.62 Å². The molecule has 1 aliphatic rings. The number of aromatic nitrogens is 2. The van der Waals surface area contributed by atoms with Crippen molar-refractivity contribution in [3.05, 3.63) is 17.5 Å². The van der Waals surface area contributed by atoms with E-state index in [2.05, 4.69) is 14.7 Å². The minimum Gasteiger partial charge on any atom is -0.338 e. The molecular formula is C13H20N6O2S. The van der Waals surface area contributed by atoms with E-state index in [0.717, 1.165) is 5.69 Å². The number of aryl methyl sites for hydroxylation is 1. The minimum absolute atomic E-state index is 0.138. The second-order valence-corrected chi connectivity index (χ2v) is 7.17. The van der Waals surface area contributed by atoms with E-state index in [0.29, 0.717) is 37.8 Å². The van der Waals surface area contributed by atoms with Crippen molar-refractivity contribution in [1.82, 2.24) is 19.0 Å². The smallest absolute Gasteiger partial charge is 0.279 e. The molecule has 1 N–H and O–H groups in total. The van der Waals surface area contributed by atoms with E-state index in [1.807, 2.05) is 11.0 Å². The monoisotopic (exact) mass is 324 g/mol. The molecule has 0 radical (unpaired) electrons. The van der Waals surface area contributed by atoms with Crippen LogP contribution in [0.2, 0.25) is 0 Å². The van der Waals surface area contributed by atoms with Crippen LogP contribution in [0.15, 0.2) is 6.07 Å². The third kappa shape index (κ3) is 3.91. The highest BCUT2D eigenvalue weighted by Crippen LogP contribution is 2.14. The molecule has 0 aromatic carbocycles. The summed E-state index contributed by atoms with van der Waals surface area (Å²) in [5.74, 6) is 0.477. The van der Waals surface area contributed by atoms with Crippen molar-refractivity contribution < 1.29 is 8.42 Å². The van der Waals surface area contributed by atoms with E-state index in [-0.39, 0.29) is 6.04 Å². The summed E-state index contributed by atoms with van der Waals surface area (Å²) >= 11 is 0. The van der Waals surface area contributed by atoms with Crippen LogP contribution in [0.25, 0.3) is 0 Å². The fourth-order valence-electron chi connectivity index (χ4n) is 2.25. The lowest BCUT2D eigenvalue weighted by Gasteiger charge is -2.34. The minimum atomic E-state index is -3.45. The van der Waals surface area contributed by atoms with E-state index in [1.54, 1.807) is 26.8 Å². The Labute approximate surface area is 131 Å². The van der Waals surface area contributed by atoms with Gasteiger partial charge in [0.05, 0.1) is 0 Å². The second kappa shape index (κ2) is 6.56. The average Bonchev–Trinajstić information content (AvgIpc) is 2.45. The molecule has 2 heterocycles. The zero-order valence-electron chi connectivity index (χ0n) is 12.9. The summed E-state index contributed by atoms with van der Waals surface area (Å²) in [6.45, 7) is 7.10. The fraction of sp³-hybridized carbons (Fsp3) is 0.615. The molecule has 1 aromatic heterocycles. The lowest BCUT2D eigenvalue weighted by atomic mass is 10.3.